The molecule has 0 radical (unpaired) electrons. The van der Waals surface area contributed by atoms with Gasteiger partial charge in [-0.3, -0.25) is 4.79 Å². The molecule has 0 saturated carbocycles. The van der Waals surface area contributed by atoms with Crippen LogP contribution in [-0.4, -0.2) is 59.0 Å². The van der Waals surface area contributed by atoms with E-state index in [0.717, 1.165) is 31.7 Å². The van der Waals surface area contributed by atoms with Gasteiger partial charge in [0.25, 0.3) is 5.91 Å². The van der Waals surface area contributed by atoms with Gasteiger partial charge in [0.05, 0.1) is 17.3 Å². The van der Waals surface area contributed by atoms with Gasteiger partial charge < -0.3 is 24.7 Å². The molecule has 39 heavy (non-hydrogen) atoms. The maximum Gasteiger partial charge on any atom is 0.342 e. The van der Waals surface area contributed by atoms with E-state index in [2.05, 4.69) is 17.3 Å². The van der Waals surface area contributed by atoms with Gasteiger partial charge in [0.15, 0.2) is 6.61 Å². The minimum absolute atomic E-state index is 0.0335. The summed E-state index contributed by atoms with van der Waals surface area (Å²) in [5, 5.41) is 24.7. The second kappa shape index (κ2) is 13.8. The number of oxime groups is 1. The Morgan fingerprint density at radius 2 is 1.77 bits per heavy atom. The zero-order chi connectivity index (χ0) is 27.6. The highest BCUT2D eigenvalue weighted by Gasteiger charge is 2.26. The van der Waals surface area contributed by atoms with Crippen molar-refractivity contribution in [1.29, 1.82) is 0 Å². The molecule has 2 aromatic rings. The SMILES string of the molecule is O=C1OCC/C=C/CC/C=C/C(=N/OCC(=O)N2CCC(c3ccccc3)CC2)Cc2c(Cl)c(O)cc(O)c21. The van der Waals surface area contributed by atoms with Gasteiger partial charge >= 0.3 is 5.97 Å². The van der Waals surface area contributed by atoms with Crippen LogP contribution in [0.15, 0.2) is 65.9 Å². The van der Waals surface area contributed by atoms with Gasteiger partial charge in [0, 0.05) is 25.6 Å². The van der Waals surface area contributed by atoms with E-state index in [0.29, 0.717) is 31.1 Å². The minimum atomic E-state index is -0.756. The van der Waals surface area contributed by atoms with Gasteiger partial charge in [-0.1, -0.05) is 65.3 Å². The normalized spacial score (nSPS) is 20.0. The monoisotopic (exact) mass is 552 g/mol. The number of phenolic OH excluding ortho intramolecular Hbond substituents is 2. The van der Waals surface area contributed by atoms with E-state index < -0.39 is 11.7 Å². The first-order chi connectivity index (χ1) is 18.9. The number of likely N-dealkylation sites (tertiary alicyclic amines) is 1. The molecule has 0 aliphatic carbocycles. The molecule has 0 bridgehead atoms. The molecule has 2 heterocycles. The Hall–Kier alpha value is -3.78. The quantitative estimate of drug-likeness (QED) is 0.293. The molecule has 8 nitrogen and oxygen atoms in total. The summed E-state index contributed by atoms with van der Waals surface area (Å²) < 4.78 is 5.31. The number of amides is 1. The van der Waals surface area contributed by atoms with Crippen molar-refractivity contribution in [3.05, 3.63) is 82.4 Å². The molecule has 2 aliphatic rings. The third-order valence-corrected chi connectivity index (χ3v) is 7.29. The number of benzene rings is 2. The number of rotatable bonds is 4. The molecule has 2 aromatic carbocycles. The van der Waals surface area contributed by atoms with Crippen LogP contribution in [0, 0.1) is 0 Å². The summed E-state index contributed by atoms with van der Waals surface area (Å²) in [6.07, 6.45) is 11.3. The van der Waals surface area contributed by atoms with Crippen LogP contribution in [0.1, 0.15) is 59.5 Å². The fourth-order valence-corrected chi connectivity index (χ4v) is 4.98. The molecule has 0 unspecified atom stereocenters. The molecule has 206 valence electrons. The predicted molar refractivity (Wildman–Crippen MR) is 149 cm³/mol. The summed E-state index contributed by atoms with van der Waals surface area (Å²) in [6, 6.07) is 11.3. The molecule has 4 rings (SSSR count). The molecule has 2 N–H and O–H groups in total. The number of cyclic esters (lactones) is 1. The highest BCUT2D eigenvalue weighted by atomic mass is 35.5. The van der Waals surface area contributed by atoms with Crippen molar-refractivity contribution >= 4 is 29.2 Å². The number of esters is 1. The number of aromatic hydroxyl groups is 2. The summed E-state index contributed by atoms with van der Waals surface area (Å²) in [5.41, 5.74) is 1.68. The molecule has 0 aromatic heterocycles. The molecular weight excluding hydrogens is 520 g/mol. The van der Waals surface area contributed by atoms with Crippen molar-refractivity contribution in [1.82, 2.24) is 4.90 Å². The van der Waals surface area contributed by atoms with Crippen molar-refractivity contribution < 1.29 is 29.4 Å². The summed E-state index contributed by atoms with van der Waals surface area (Å²) in [5.74, 6) is -1.29. The Bertz CT molecular complexity index is 1250. The van der Waals surface area contributed by atoms with E-state index in [1.54, 1.807) is 11.0 Å². The van der Waals surface area contributed by atoms with E-state index in [-0.39, 0.29) is 47.4 Å². The van der Waals surface area contributed by atoms with E-state index in [1.165, 1.54) is 5.56 Å². The van der Waals surface area contributed by atoms with Gasteiger partial charge in [0.1, 0.15) is 17.1 Å². The molecule has 1 amide bonds. The van der Waals surface area contributed by atoms with Crippen LogP contribution < -0.4 is 0 Å². The van der Waals surface area contributed by atoms with Gasteiger partial charge in [-0.2, -0.15) is 0 Å². The molecule has 1 fully saturated rings. The van der Waals surface area contributed by atoms with Gasteiger partial charge in [-0.05, 0) is 55.2 Å². The number of ether oxygens (including phenoxy) is 1. The van der Waals surface area contributed by atoms with Gasteiger partial charge in [-0.15, -0.1) is 0 Å². The average molecular weight is 553 g/mol. The topological polar surface area (TPSA) is 109 Å². The number of piperidine rings is 1. The third kappa shape index (κ3) is 7.63. The van der Waals surface area contributed by atoms with Crippen LogP contribution in [0.4, 0.5) is 0 Å². The van der Waals surface area contributed by atoms with Crippen molar-refractivity contribution in [3.63, 3.8) is 0 Å². The predicted octanol–water partition coefficient (Wildman–Crippen LogP) is 5.53. The number of halogens is 1. The summed E-state index contributed by atoms with van der Waals surface area (Å²) in [7, 11) is 0. The molecule has 2 aliphatic heterocycles. The maximum atomic E-state index is 12.8. The molecular formula is C30H33ClN2O6. The standard InChI is InChI=1S/C30H33ClN2O6/c31-29-24-18-23(12-8-3-1-2-4-9-17-38-30(37)28(24)25(34)19-26(29)35)32-39-20-27(36)33-15-13-22(14-16-33)21-10-6-5-7-11-21/h2,4-8,10-12,19,22,34-35H,1,3,9,13-18,20H2/b4-2+,12-8+,32-23-. The summed E-state index contributed by atoms with van der Waals surface area (Å²) in [4.78, 5) is 32.8. The summed E-state index contributed by atoms with van der Waals surface area (Å²) >= 11 is 6.35. The first-order valence-electron chi connectivity index (χ1n) is 13.2. The number of nitrogens with zero attached hydrogens (tertiary/aromatic N) is 2. The lowest BCUT2D eigenvalue weighted by atomic mass is 9.89. The fraction of sp³-hybridized carbons (Fsp3) is 0.367. The second-order valence-corrected chi connectivity index (χ2v) is 9.93. The zero-order valence-electron chi connectivity index (χ0n) is 21.7. The average Bonchev–Trinajstić information content (AvgIpc) is 2.94. The van der Waals surface area contributed by atoms with Crippen LogP contribution in [0.25, 0.3) is 0 Å². The third-order valence-electron chi connectivity index (χ3n) is 6.87. The van der Waals surface area contributed by atoms with Crippen molar-refractivity contribution in [3.8, 4) is 11.5 Å². The Morgan fingerprint density at radius 1 is 1.05 bits per heavy atom. The Kier molecular flexibility index (Phi) is 10.0. The molecule has 9 heteroatoms. The first-order valence-corrected chi connectivity index (χ1v) is 13.6. The number of hydrogen-bond donors (Lipinski definition) is 2. The maximum absolute atomic E-state index is 12.8. The van der Waals surface area contributed by atoms with Crippen LogP contribution in [0.2, 0.25) is 5.02 Å². The van der Waals surface area contributed by atoms with Crippen LogP contribution >= 0.6 is 11.6 Å². The lowest BCUT2D eigenvalue weighted by molar-refractivity contribution is -0.137. The molecule has 1 saturated heterocycles. The van der Waals surface area contributed by atoms with Crippen LogP contribution in [0.5, 0.6) is 11.5 Å². The highest BCUT2D eigenvalue weighted by molar-refractivity contribution is 6.33. The van der Waals surface area contributed by atoms with Gasteiger partial charge in [-0.25, -0.2) is 4.79 Å². The zero-order valence-corrected chi connectivity index (χ0v) is 22.5. The Labute approximate surface area is 233 Å². The lowest BCUT2D eigenvalue weighted by Gasteiger charge is -2.32. The van der Waals surface area contributed by atoms with Crippen LogP contribution in [-0.2, 0) is 20.8 Å². The lowest BCUT2D eigenvalue weighted by Crippen LogP contribution is -2.39. The largest absolute Gasteiger partial charge is 0.507 e. The molecule has 0 spiro atoms. The first kappa shape index (κ1) is 28.2. The van der Waals surface area contributed by atoms with Crippen LogP contribution in [0.3, 0.4) is 0 Å². The van der Waals surface area contributed by atoms with E-state index in [1.807, 2.05) is 36.4 Å². The number of carbonyl (C=O) groups is 2. The number of allylic oxidation sites excluding steroid dienone is 3. The highest BCUT2D eigenvalue weighted by Crippen LogP contribution is 2.37. The Balaban J connectivity index is 1.46. The van der Waals surface area contributed by atoms with Crippen molar-refractivity contribution in [2.24, 2.45) is 5.16 Å². The molecule has 0 atom stereocenters. The number of phenols is 2. The van der Waals surface area contributed by atoms with Crippen molar-refractivity contribution in [2.45, 2.75) is 44.4 Å². The summed E-state index contributed by atoms with van der Waals surface area (Å²) in [6.45, 7) is 1.20. The number of carbonyl (C=O) groups excluding carboxylic acids is 2. The Morgan fingerprint density at radius 3 is 2.54 bits per heavy atom. The fourth-order valence-electron chi connectivity index (χ4n) is 4.77. The second-order valence-electron chi connectivity index (χ2n) is 9.56. The van der Waals surface area contributed by atoms with E-state index in [9.17, 15) is 19.8 Å². The smallest absolute Gasteiger partial charge is 0.342 e. The minimum Gasteiger partial charge on any atom is -0.507 e. The van der Waals surface area contributed by atoms with E-state index in [4.69, 9.17) is 21.2 Å². The van der Waals surface area contributed by atoms with Gasteiger partial charge in [0.2, 0.25) is 0 Å². The number of fused-ring (bicyclic) bond motifs is 1. The number of hydrogen-bond acceptors (Lipinski definition) is 7. The van der Waals surface area contributed by atoms with Crippen molar-refractivity contribution in [2.75, 3.05) is 26.3 Å². The van der Waals surface area contributed by atoms with E-state index >= 15 is 0 Å².